The van der Waals surface area contributed by atoms with E-state index in [2.05, 4.69) is 9.97 Å². The van der Waals surface area contributed by atoms with E-state index in [1.807, 2.05) is 0 Å². The number of carbonyl (C=O) groups excluding carboxylic acids is 2. The number of rotatable bonds is 1. The van der Waals surface area contributed by atoms with Crippen LogP contribution in [0.1, 0.15) is 27.5 Å². The van der Waals surface area contributed by atoms with Crippen molar-refractivity contribution in [1.29, 1.82) is 0 Å². The second kappa shape index (κ2) is 5.29. The molecule has 0 aliphatic carbocycles. The Morgan fingerprint density at radius 2 is 2.08 bits per heavy atom. The van der Waals surface area contributed by atoms with Crippen molar-refractivity contribution in [2.24, 2.45) is 0 Å². The highest BCUT2D eigenvalue weighted by molar-refractivity contribution is 7.20. The van der Waals surface area contributed by atoms with Gasteiger partial charge in [0.25, 0.3) is 11.5 Å². The Hall–Kier alpha value is -2.42. The van der Waals surface area contributed by atoms with Crippen molar-refractivity contribution in [3.63, 3.8) is 0 Å². The number of aromatic amines is 1. The SMILES string of the molecule is Cc1nc2sc(C(=O)N3CC[C@@]4(CN(C)C(=O)O4)C3)c(C)c2c(=O)[nH]1. The van der Waals surface area contributed by atoms with E-state index in [0.29, 0.717) is 52.5 Å². The number of aryl methyl sites for hydroxylation is 2. The Morgan fingerprint density at radius 3 is 2.76 bits per heavy atom. The van der Waals surface area contributed by atoms with Gasteiger partial charge in [0.15, 0.2) is 5.60 Å². The average molecular weight is 362 g/mol. The zero-order chi connectivity index (χ0) is 17.9. The van der Waals surface area contributed by atoms with Crippen LogP contribution in [-0.2, 0) is 4.74 Å². The largest absolute Gasteiger partial charge is 0.439 e. The summed E-state index contributed by atoms with van der Waals surface area (Å²) in [5.41, 5.74) is -0.182. The van der Waals surface area contributed by atoms with Crippen LogP contribution in [0.25, 0.3) is 10.2 Å². The predicted octanol–water partition coefficient (Wildman–Crippen LogP) is 1.27. The maximum absolute atomic E-state index is 13.0. The molecular weight excluding hydrogens is 344 g/mol. The summed E-state index contributed by atoms with van der Waals surface area (Å²) < 4.78 is 5.49. The van der Waals surface area contributed by atoms with Crippen LogP contribution in [0.15, 0.2) is 4.79 Å². The number of nitrogens with zero attached hydrogens (tertiary/aromatic N) is 3. The van der Waals surface area contributed by atoms with Gasteiger partial charge in [-0.05, 0) is 19.4 Å². The number of carbonyl (C=O) groups is 2. The lowest BCUT2D eigenvalue weighted by atomic mass is 10.0. The number of H-pyrrole nitrogens is 1. The molecule has 0 unspecified atom stereocenters. The van der Waals surface area contributed by atoms with Crippen LogP contribution in [0.4, 0.5) is 4.79 Å². The zero-order valence-corrected chi connectivity index (χ0v) is 15.0. The summed E-state index contributed by atoms with van der Waals surface area (Å²) >= 11 is 1.24. The molecule has 25 heavy (non-hydrogen) atoms. The van der Waals surface area contributed by atoms with Crippen molar-refractivity contribution >= 4 is 33.6 Å². The smallest absolute Gasteiger partial charge is 0.410 e. The van der Waals surface area contributed by atoms with E-state index < -0.39 is 5.60 Å². The molecule has 2 saturated heterocycles. The molecule has 0 bridgehead atoms. The van der Waals surface area contributed by atoms with Gasteiger partial charge in [-0.2, -0.15) is 0 Å². The number of thiophene rings is 1. The van der Waals surface area contributed by atoms with E-state index in [-0.39, 0.29) is 17.6 Å². The molecule has 2 aliphatic rings. The highest BCUT2D eigenvalue weighted by Gasteiger charge is 2.49. The van der Waals surface area contributed by atoms with Gasteiger partial charge in [-0.3, -0.25) is 9.59 Å². The average Bonchev–Trinajstić information content (AvgIpc) is 3.16. The highest BCUT2D eigenvalue weighted by atomic mass is 32.1. The fraction of sp³-hybridized carbons (Fsp3) is 0.500. The van der Waals surface area contributed by atoms with Crippen molar-refractivity contribution in [3.05, 3.63) is 26.6 Å². The van der Waals surface area contributed by atoms with Crippen LogP contribution in [-0.4, -0.2) is 64.1 Å². The minimum atomic E-state index is -0.613. The van der Waals surface area contributed by atoms with E-state index in [4.69, 9.17) is 4.74 Å². The molecule has 2 aromatic heterocycles. The number of hydrogen-bond acceptors (Lipinski definition) is 6. The molecule has 2 amide bonds. The molecule has 1 N–H and O–H groups in total. The van der Waals surface area contributed by atoms with Gasteiger partial charge >= 0.3 is 6.09 Å². The first-order chi connectivity index (χ1) is 11.8. The summed E-state index contributed by atoms with van der Waals surface area (Å²) in [5.74, 6) is 0.388. The van der Waals surface area contributed by atoms with Gasteiger partial charge in [-0.25, -0.2) is 9.78 Å². The Morgan fingerprint density at radius 1 is 1.32 bits per heavy atom. The van der Waals surface area contributed by atoms with Crippen LogP contribution < -0.4 is 5.56 Å². The topological polar surface area (TPSA) is 95.6 Å². The summed E-state index contributed by atoms with van der Waals surface area (Å²) in [7, 11) is 1.69. The predicted molar refractivity (Wildman–Crippen MR) is 92.1 cm³/mol. The minimum absolute atomic E-state index is 0.139. The number of nitrogens with one attached hydrogen (secondary N) is 1. The van der Waals surface area contributed by atoms with Crippen molar-refractivity contribution in [2.75, 3.05) is 26.7 Å². The van der Waals surface area contributed by atoms with Gasteiger partial charge in [0.05, 0.1) is 23.4 Å². The van der Waals surface area contributed by atoms with Crippen LogP contribution in [0.5, 0.6) is 0 Å². The number of amides is 2. The lowest BCUT2D eigenvalue weighted by molar-refractivity contribution is 0.0555. The van der Waals surface area contributed by atoms with Crippen molar-refractivity contribution in [3.8, 4) is 0 Å². The van der Waals surface area contributed by atoms with Crippen molar-refractivity contribution in [1.82, 2.24) is 19.8 Å². The summed E-state index contributed by atoms with van der Waals surface area (Å²) in [6.45, 7) is 4.87. The van der Waals surface area contributed by atoms with E-state index >= 15 is 0 Å². The number of likely N-dealkylation sites (tertiary alicyclic amines) is 1. The molecule has 0 saturated carbocycles. The quantitative estimate of drug-likeness (QED) is 0.824. The molecule has 2 fully saturated rings. The first-order valence-corrected chi connectivity index (χ1v) is 8.85. The van der Waals surface area contributed by atoms with Gasteiger partial charge in [-0.1, -0.05) is 0 Å². The first kappa shape index (κ1) is 16.1. The fourth-order valence-corrected chi connectivity index (χ4v) is 4.82. The fourth-order valence-electron chi connectivity index (χ4n) is 3.62. The molecule has 132 valence electrons. The standard InChI is InChI=1S/C16H18N4O4S/c1-8-10-12(21)17-9(2)18-13(10)25-11(8)14(22)20-5-4-16(7-20)6-19(3)15(23)24-16/h4-7H2,1-3H3,(H,17,18,21)/t16-/m1/s1. The van der Waals surface area contributed by atoms with Gasteiger partial charge in [0.2, 0.25) is 0 Å². The maximum Gasteiger partial charge on any atom is 0.410 e. The number of likely N-dealkylation sites (N-methyl/N-ethyl adjacent to an activating group) is 1. The Bertz CT molecular complexity index is 965. The van der Waals surface area contributed by atoms with E-state index in [0.717, 1.165) is 0 Å². The van der Waals surface area contributed by atoms with Gasteiger partial charge in [-0.15, -0.1) is 11.3 Å². The van der Waals surface area contributed by atoms with Crippen LogP contribution in [0.2, 0.25) is 0 Å². The molecule has 1 atom stereocenters. The Labute approximate surface area is 147 Å². The molecule has 9 heteroatoms. The van der Waals surface area contributed by atoms with Crippen LogP contribution >= 0.6 is 11.3 Å². The maximum atomic E-state index is 13.0. The lowest BCUT2D eigenvalue weighted by Gasteiger charge is -2.21. The summed E-state index contributed by atoms with van der Waals surface area (Å²) in [4.78, 5) is 48.2. The Kier molecular flexibility index (Phi) is 3.40. The van der Waals surface area contributed by atoms with Gasteiger partial charge in [0.1, 0.15) is 10.7 Å². The molecule has 1 spiro atoms. The second-order valence-electron chi connectivity index (χ2n) is 6.77. The molecule has 0 aromatic carbocycles. The highest BCUT2D eigenvalue weighted by Crippen LogP contribution is 2.34. The number of ether oxygens (including phenoxy) is 1. The van der Waals surface area contributed by atoms with E-state index in [9.17, 15) is 14.4 Å². The number of hydrogen-bond donors (Lipinski definition) is 1. The number of aromatic nitrogens is 2. The number of fused-ring (bicyclic) bond motifs is 1. The summed E-state index contributed by atoms with van der Waals surface area (Å²) in [6, 6.07) is 0. The van der Waals surface area contributed by atoms with Crippen molar-refractivity contribution in [2.45, 2.75) is 25.9 Å². The summed E-state index contributed by atoms with van der Waals surface area (Å²) in [6.07, 6.45) is 0.273. The van der Waals surface area contributed by atoms with Crippen molar-refractivity contribution < 1.29 is 14.3 Å². The van der Waals surface area contributed by atoms with Crippen LogP contribution in [0, 0.1) is 13.8 Å². The molecule has 4 heterocycles. The second-order valence-corrected chi connectivity index (χ2v) is 7.77. The normalized spacial score (nSPS) is 23.1. The minimum Gasteiger partial charge on any atom is -0.439 e. The van der Waals surface area contributed by atoms with E-state index in [1.54, 1.807) is 25.8 Å². The third-order valence-corrected chi connectivity index (χ3v) is 6.03. The third-order valence-electron chi connectivity index (χ3n) is 4.86. The van der Waals surface area contributed by atoms with Crippen LogP contribution in [0.3, 0.4) is 0 Å². The zero-order valence-electron chi connectivity index (χ0n) is 14.2. The molecule has 2 aliphatic heterocycles. The molecule has 4 rings (SSSR count). The van der Waals surface area contributed by atoms with Gasteiger partial charge < -0.3 is 19.5 Å². The van der Waals surface area contributed by atoms with Gasteiger partial charge in [0, 0.05) is 20.0 Å². The Balaban J connectivity index is 1.65. The molecule has 0 radical (unpaired) electrons. The third kappa shape index (κ3) is 2.41. The monoisotopic (exact) mass is 362 g/mol. The molecule has 8 nitrogen and oxygen atoms in total. The molecule has 2 aromatic rings. The van der Waals surface area contributed by atoms with E-state index in [1.165, 1.54) is 16.2 Å². The lowest BCUT2D eigenvalue weighted by Crippen LogP contribution is -2.39. The summed E-state index contributed by atoms with van der Waals surface area (Å²) in [5, 5.41) is 0.472. The molecular formula is C16H18N4O4S. The first-order valence-electron chi connectivity index (χ1n) is 8.03.